The van der Waals surface area contributed by atoms with Gasteiger partial charge in [-0.25, -0.2) is 0 Å². The Labute approximate surface area is 125 Å². The number of rotatable bonds is 9. The predicted octanol–water partition coefficient (Wildman–Crippen LogP) is 2.28. The molecule has 0 saturated heterocycles. The van der Waals surface area contributed by atoms with E-state index in [1.54, 1.807) is 6.26 Å². The number of hydrogen-bond donors (Lipinski definition) is 2. The van der Waals surface area contributed by atoms with Gasteiger partial charge in [-0.3, -0.25) is 4.21 Å². The lowest BCUT2D eigenvalue weighted by molar-refractivity contribution is 0.175. The molecule has 0 fully saturated rings. The molecule has 0 aliphatic rings. The highest BCUT2D eigenvalue weighted by Gasteiger charge is 2.07. The van der Waals surface area contributed by atoms with Crippen molar-refractivity contribution in [2.24, 2.45) is 5.92 Å². The van der Waals surface area contributed by atoms with Crippen LogP contribution >= 0.6 is 0 Å². The standard InChI is InChI=1S/C16H27NO2S/c1-13(2)11-14-5-7-15(8-6-14)16(18)12-17-9-4-10-20(3)19/h5-8,13,16-18H,4,9-12H2,1-3H3. The first kappa shape index (κ1) is 17.3. The number of aliphatic hydroxyl groups excluding tert-OH is 1. The van der Waals surface area contributed by atoms with Gasteiger partial charge in [-0.15, -0.1) is 0 Å². The topological polar surface area (TPSA) is 49.3 Å². The Bertz CT molecular complexity index is 403. The van der Waals surface area contributed by atoms with Gasteiger partial charge in [0.1, 0.15) is 0 Å². The first-order valence-corrected chi connectivity index (χ1v) is 8.99. The molecule has 1 aromatic carbocycles. The van der Waals surface area contributed by atoms with Gasteiger partial charge >= 0.3 is 0 Å². The highest BCUT2D eigenvalue weighted by molar-refractivity contribution is 7.84. The van der Waals surface area contributed by atoms with Gasteiger partial charge < -0.3 is 10.4 Å². The van der Waals surface area contributed by atoms with Crippen LogP contribution in [0.25, 0.3) is 0 Å². The summed E-state index contributed by atoms with van der Waals surface area (Å²) in [7, 11) is -0.726. The number of aliphatic hydroxyl groups is 1. The average Bonchev–Trinajstić information content (AvgIpc) is 2.38. The molecule has 0 heterocycles. The van der Waals surface area contributed by atoms with Crippen LogP contribution in [0.2, 0.25) is 0 Å². The highest BCUT2D eigenvalue weighted by atomic mass is 32.2. The molecule has 2 unspecified atom stereocenters. The van der Waals surface area contributed by atoms with Crippen molar-refractivity contribution in [1.29, 1.82) is 0 Å². The quantitative estimate of drug-likeness (QED) is 0.688. The molecular weight excluding hydrogens is 270 g/mol. The Balaban J connectivity index is 2.32. The van der Waals surface area contributed by atoms with Gasteiger partial charge in [0, 0.05) is 29.4 Å². The SMILES string of the molecule is CC(C)Cc1ccc(C(O)CNCCCS(C)=O)cc1. The summed E-state index contributed by atoms with van der Waals surface area (Å²) in [4.78, 5) is 0. The fourth-order valence-corrected chi connectivity index (χ4v) is 2.66. The average molecular weight is 297 g/mol. The summed E-state index contributed by atoms with van der Waals surface area (Å²) < 4.78 is 10.9. The molecule has 0 saturated carbocycles. The normalized spacial score (nSPS) is 14.4. The van der Waals surface area contributed by atoms with Crippen LogP contribution in [0.5, 0.6) is 0 Å². The molecule has 0 aliphatic carbocycles. The zero-order chi connectivity index (χ0) is 15.0. The molecule has 20 heavy (non-hydrogen) atoms. The fraction of sp³-hybridized carbons (Fsp3) is 0.625. The van der Waals surface area contributed by atoms with Crippen LogP contribution in [-0.2, 0) is 17.2 Å². The second-order valence-corrected chi connectivity index (χ2v) is 7.24. The molecule has 0 amide bonds. The summed E-state index contributed by atoms with van der Waals surface area (Å²) in [5.74, 6) is 1.36. The predicted molar refractivity (Wildman–Crippen MR) is 86.4 cm³/mol. The minimum atomic E-state index is -0.726. The van der Waals surface area contributed by atoms with Crippen molar-refractivity contribution in [2.45, 2.75) is 32.8 Å². The van der Waals surface area contributed by atoms with E-state index in [4.69, 9.17) is 0 Å². The zero-order valence-corrected chi connectivity index (χ0v) is 13.6. The highest BCUT2D eigenvalue weighted by Crippen LogP contribution is 2.15. The summed E-state index contributed by atoms with van der Waals surface area (Å²) in [5.41, 5.74) is 2.26. The molecule has 4 heteroatoms. The molecule has 1 rings (SSSR count). The van der Waals surface area contributed by atoms with Gasteiger partial charge in [0.05, 0.1) is 6.10 Å². The Morgan fingerprint density at radius 3 is 2.45 bits per heavy atom. The molecule has 114 valence electrons. The number of nitrogens with one attached hydrogen (secondary N) is 1. The summed E-state index contributed by atoms with van der Waals surface area (Å²) in [6.45, 7) is 5.74. The molecule has 0 radical (unpaired) electrons. The molecule has 0 spiro atoms. The summed E-state index contributed by atoms with van der Waals surface area (Å²) >= 11 is 0. The molecule has 0 bridgehead atoms. The van der Waals surface area contributed by atoms with E-state index in [9.17, 15) is 9.32 Å². The van der Waals surface area contributed by atoms with Crippen molar-refractivity contribution in [3.8, 4) is 0 Å². The van der Waals surface area contributed by atoms with Gasteiger partial charge in [-0.2, -0.15) is 0 Å². The van der Waals surface area contributed by atoms with Crippen molar-refractivity contribution in [2.75, 3.05) is 25.1 Å². The van der Waals surface area contributed by atoms with Crippen molar-refractivity contribution in [3.63, 3.8) is 0 Å². The third-order valence-corrected chi connectivity index (χ3v) is 4.00. The number of hydrogen-bond acceptors (Lipinski definition) is 3. The molecule has 1 aromatic rings. The van der Waals surface area contributed by atoms with E-state index in [0.717, 1.165) is 24.9 Å². The second-order valence-electron chi connectivity index (χ2n) is 5.69. The first-order chi connectivity index (χ1) is 9.49. The molecule has 3 nitrogen and oxygen atoms in total. The smallest absolute Gasteiger partial charge is 0.0914 e. The summed E-state index contributed by atoms with van der Waals surface area (Å²) in [5, 5.41) is 13.3. The van der Waals surface area contributed by atoms with E-state index < -0.39 is 16.9 Å². The lowest BCUT2D eigenvalue weighted by atomic mass is 10.0. The van der Waals surface area contributed by atoms with Gasteiger partial charge in [-0.1, -0.05) is 38.1 Å². The Morgan fingerprint density at radius 2 is 1.90 bits per heavy atom. The van der Waals surface area contributed by atoms with Crippen LogP contribution in [0.3, 0.4) is 0 Å². The van der Waals surface area contributed by atoms with Gasteiger partial charge in [0.2, 0.25) is 0 Å². The summed E-state index contributed by atoms with van der Waals surface area (Å²) in [6, 6.07) is 8.20. The lowest BCUT2D eigenvalue weighted by Crippen LogP contribution is -2.23. The van der Waals surface area contributed by atoms with Crippen LogP contribution in [-0.4, -0.2) is 34.4 Å². The van der Waals surface area contributed by atoms with E-state index in [1.807, 2.05) is 12.1 Å². The van der Waals surface area contributed by atoms with Crippen LogP contribution in [0.4, 0.5) is 0 Å². The monoisotopic (exact) mass is 297 g/mol. The maximum absolute atomic E-state index is 10.9. The van der Waals surface area contributed by atoms with Gasteiger partial charge in [0.15, 0.2) is 0 Å². The van der Waals surface area contributed by atoms with E-state index >= 15 is 0 Å². The number of benzene rings is 1. The van der Waals surface area contributed by atoms with E-state index in [-0.39, 0.29) is 0 Å². The molecule has 2 N–H and O–H groups in total. The third kappa shape index (κ3) is 7.17. The maximum Gasteiger partial charge on any atom is 0.0914 e. The van der Waals surface area contributed by atoms with Crippen molar-refractivity contribution in [1.82, 2.24) is 5.32 Å². The van der Waals surface area contributed by atoms with E-state index in [0.29, 0.717) is 18.2 Å². The van der Waals surface area contributed by atoms with Gasteiger partial charge in [0.25, 0.3) is 0 Å². The minimum Gasteiger partial charge on any atom is -0.387 e. The van der Waals surface area contributed by atoms with Crippen molar-refractivity contribution >= 4 is 10.8 Å². The Hall–Kier alpha value is -0.710. The Morgan fingerprint density at radius 1 is 1.25 bits per heavy atom. The van der Waals surface area contributed by atoms with Crippen LogP contribution in [0, 0.1) is 5.92 Å². The van der Waals surface area contributed by atoms with Gasteiger partial charge in [-0.05, 0) is 36.4 Å². The van der Waals surface area contributed by atoms with Crippen LogP contribution in [0.15, 0.2) is 24.3 Å². The Kier molecular flexibility index (Phi) is 8.04. The van der Waals surface area contributed by atoms with E-state index in [1.165, 1.54) is 5.56 Å². The molecule has 0 aliphatic heterocycles. The molecule has 0 aromatic heterocycles. The van der Waals surface area contributed by atoms with Crippen molar-refractivity contribution < 1.29 is 9.32 Å². The van der Waals surface area contributed by atoms with Crippen LogP contribution < -0.4 is 5.32 Å². The van der Waals surface area contributed by atoms with Crippen LogP contribution in [0.1, 0.15) is 37.5 Å². The molecular formula is C16H27NO2S. The largest absolute Gasteiger partial charge is 0.387 e. The lowest BCUT2D eigenvalue weighted by Gasteiger charge is -2.13. The van der Waals surface area contributed by atoms with E-state index in [2.05, 4.69) is 31.3 Å². The van der Waals surface area contributed by atoms with Crippen molar-refractivity contribution in [3.05, 3.63) is 35.4 Å². The third-order valence-electron chi connectivity index (χ3n) is 3.13. The minimum absolute atomic E-state index is 0.477. The second kappa shape index (κ2) is 9.27. The maximum atomic E-state index is 10.9. The zero-order valence-electron chi connectivity index (χ0n) is 12.8. The first-order valence-electron chi connectivity index (χ1n) is 7.26. The molecule has 2 atom stereocenters. The fourth-order valence-electron chi connectivity index (χ4n) is 2.10. The summed E-state index contributed by atoms with van der Waals surface area (Å²) in [6.07, 6.45) is 3.19.